The Morgan fingerprint density at radius 3 is 2.69 bits per heavy atom. The molecule has 6 nitrogen and oxygen atoms in total. The van der Waals surface area contributed by atoms with Gasteiger partial charge < -0.3 is 4.90 Å². The molecule has 1 amide bonds. The number of carbonyl (C=O) groups excluding carboxylic acids is 1. The first-order chi connectivity index (χ1) is 14.0. The summed E-state index contributed by atoms with van der Waals surface area (Å²) in [5.41, 5.74) is 3.50. The van der Waals surface area contributed by atoms with Gasteiger partial charge in [-0.3, -0.25) is 14.2 Å². The normalized spacial score (nSPS) is 11.3. The van der Waals surface area contributed by atoms with Gasteiger partial charge in [-0.2, -0.15) is 0 Å². The summed E-state index contributed by atoms with van der Waals surface area (Å²) < 4.78 is 1.94. The van der Waals surface area contributed by atoms with Crippen LogP contribution in [0.1, 0.15) is 23.7 Å². The smallest absolute Gasteiger partial charge is 0.271 e. The second kappa shape index (κ2) is 7.75. The van der Waals surface area contributed by atoms with E-state index in [1.165, 1.54) is 22.2 Å². The molecule has 0 unspecified atom stereocenters. The van der Waals surface area contributed by atoms with Crippen molar-refractivity contribution in [2.24, 2.45) is 0 Å². The molecule has 0 spiro atoms. The lowest BCUT2D eigenvalue weighted by atomic mass is 10.1. The number of hydrogen-bond acceptors (Lipinski definition) is 5. The van der Waals surface area contributed by atoms with Crippen LogP contribution in [0.25, 0.3) is 20.4 Å². The van der Waals surface area contributed by atoms with E-state index >= 15 is 0 Å². The number of amides is 1. The van der Waals surface area contributed by atoms with Crippen molar-refractivity contribution >= 4 is 37.7 Å². The van der Waals surface area contributed by atoms with Gasteiger partial charge in [-0.05, 0) is 38.0 Å². The summed E-state index contributed by atoms with van der Waals surface area (Å²) in [5, 5.41) is 0.922. The van der Waals surface area contributed by atoms with Crippen molar-refractivity contribution in [2.45, 2.75) is 33.9 Å². The van der Waals surface area contributed by atoms with E-state index in [0.29, 0.717) is 23.3 Å². The molecule has 0 bridgehead atoms. The van der Waals surface area contributed by atoms with Crippen LogP contribution in [0.15, 0.2) is 47.5 Å². The predicted molar refractivity (Wildman–Crippen MR) is 116 cm³/mol. The first-order valence-corrected chi connectivity index (χ1v) is 10.4. The Hall–Kier alpha value is -3.06. The number of nitrogens with zero attached hydrogens (tertiary/aromatic N) is 4. The standard InChI is InChI=1S/C22H22N4O2S/c1-4-25(11-16-8-6-5-7-9-16)17(27)12-26-13-23-19-18-14(2)10-15(3)24-21(18)29-20(19)22(26)28/h5-10,13H,4,11-12H2,1-3H3. The van der Waals surface area contributed by atoms with Crippen LogP contribution in [0.4, 0.5) is 0 Å². The highest BCUT2D eigenvalue weighted by Crippen LogP contribution is 2.31. The molecule has 3 aromatic heterocycles. The molecular weight excluding hydrogens is 384 g/mol. The number of likely N-dealkylation sites (N-methyl/N-ethyl adjacent to an activating group) is 1. The number of aromatic nitrogens is 3. The van der Waals surface area contributed by atoms with E-state index < -0.39 is 0 Å². The molecule has 0 aliphatic heterocycles. The van der Waals surface area contributed by atoms with Crippen LogP contribution < -0.4 is 5.56 Å². The van der Waals surface area contributed by atoms with Crippen LogP contribution in [0.2, 0.25) is 0 Å². The van der Waals surface area contributed by atoms with Crippen molar-refractivity contribution in [2.75, 3.05) is 6.54 Å². The van der Waals surface area contributed by atoms with Gasteiger partial charge in [-0.15, -0.1) is 11.3 Å². The maximum atomic E-state index is 13.0. The third-order valence-electron chi connectivity index (χ3n) is 5.00. The Morgan fingerprint density at radius 1 is 1.21 bits per heavy atom. The molecular formula is C22H22N4O2S. The molecule has 0 N–H and O–H groups in total. The van der Waals surface area contributed by atoms with Gasteiger partial charge >= 0.3 is 0 Å². The van der Waals surface area contributed by atoms with Crippen LogP contribution in [-0.4, -0.2) is 31.9 Å². The van der Waals surface area contributed by atoms with Crippen molar-refractivity contribution in [3.63, 3.8) is 0 Å². The van der Waals surface area contributed by atoms with Crippen LogP contribution in [-0.2, 0) is 17.9 Å². The summed E-state index contributed by atoms with van der Waals surface area (Å²) in [5.74, 6) is -0.106. The SMILES string of the molecule is CCN(Cc1ccccc1)C(=O)Cn1cnc2c(sc3nc(C)cc(C)c32)c1=O. The molecule has 148 valence electrons. The van der Waals surface area contributed by atoms with Gasteiger partial charge in [0.25, 0.3) is 5.56 Å². The summed E-state index contributed by atoms with van der Waals surface area (Å²) in [7, 11) is 0. The maximum absolute atomic E-state index is 13.0. The molecule has 29 heavy (non-hydrogen) atoms. The van der Waals surface area contributed by atoms with E-state index in [1.807, 2.05) is 57.2 Å². The predicted octanol–water partition coefficient (Wildman–Crippen LogP) is 3.67. The van der Waals surface area contributed by atoms with Crippen LogP contribution in [0, 0.1) is 13.8 Å². The number of fused-ring (bicyclic) bond motifs is 3. The van der Waals surface area contributed by atoms with Crippen LogP contribution >= 0.6 is 11.3 Å². The summed E-state index contributed by atoms with van der Waals surface area (Å²) >= 11 is 1.34. The summed E-state index contributed by atoms with van der Waals surface area (Å²) in [6.07, 6.45) is 1.48. The van der Waals surface area contributed by atoms with Crippen LogP contribution in [0.5, 0.6) is 0 Å². The third kappa shape index (κ3) is 3.65. The van der Waals surface area contributed by atoms with E-state index in [0.717, 1.165) is 27.0 Å². The van der Waals surface area contributed by atoms with Crippen molar-refractivity contribution in [3.05, 3.63) is 69.9 Å². The van der Waals surface area contributed by atoms with Crippen LogP contribution in [0.3, 0.4) is 0 Å². The largest absolute Gasteiger partial charge is 0.337 e. The second-order valence-electron chi connectivity index (χ2n) is 7.11. The zero-order valence-electron chi connectivity index (χ0n) is 16.7. The van der Waals surface area contributed by atoms with Crippen molar-refractivity contribution in [1.82, 2.24) is 19.4 Å². The van der Waals surface area contributed by atoms with Crippen molar-refractivity contribution in [1.29, 1.82) is 0 Å². The molecule has 4 rings (SSSR count). The van der Waals surface area contributed by atoms with Gasteiger partial charge in [0, 0.05) is 24.2 Å². The zero-order valence-corrected chi connectivity index (χ0v) is 17.5. The molecule has 3 heterocycles. The highest BCUT2D eigenvalue weighted by Gasteiger charge is 2.18. The molecule has 7 heteroatoms. The fourth-order valence-electron chi connectivity index (χ4n) is 3.54. The number of thiophene rings is 1. The lowest BCUT2D eigenvalue weighted by molar-refractivity contribution is -0.132. The zero-order chi connectivity index (χ0) is 20.5. The van der Waals surface area contributed by atoms with E-state index in [2.05, 4.69) is 9.97 Å². The highest BCUT2D eigenvalue weighted by atomic mass is 32.1. The lowest BCUT2D eigenvalue weighted by Crippen LogP contribution is -2.36. The number of aryl methyl sites for hydroxylation is 2. The van der Waals surface area contributed by atoms with Gasteiger partial charge in [0.1, 0.15) is 16.1 Å². The number of carbonyl (C=O) groups is 1. The first kappa shape index (κ1) is 19.3. The first-order valence-electron chi connectivity index (χ1n) is 9.55. The Bertz CT molecular complexity index is 1260. The third-order valence-corrected chi connectivity index (χ3v) is 6.06. The average Bonchev–Trinajstić information content (AvgIpc) is 3.08. The summed E-state index contributed by atoms with van der Waals surface area (Å²) in [6, 6.07) is 11.8. The molecule has 0 atom stereocenters. The Morgan fingerprint density at radius 2 is 1.97 bits per heavy atom. The number of hydrogen-bond donors (Lipinski definition) is 0. The molecule has 0 radical (unpaired) electrons. The molecule has 1 aromatic carbocycles. The molecule has 4 aromatic rings. The minimum absolute atomic E-state index is 0.0257. The van der Waals surface area contributed by atoms with Crippen molar-refractivity contribution < 1.29 is 4.79 Å². The van der Waals surface area contributed by atoms with E-state index in [-0.39, 0.29) is 18.0 Å². The molecule has 0 aliphatic carbocycles. The van der Waals surface area contributed by atoms with Gasteiger partial charge in [0.2, 0.25) is 5.91 Å². The highest BCUT2D eigenvalue weighted by molar-refractivity contribution is 7.25. The van der Waals surface area contributed by atoms with E-state index in [9.17, 15) is 9.59 Å². The summed E-state index contributed by atoms with van der Waals surface area (Å²) in [6.45, 7) is 6.95. The van der Waals surface area contributed by atoms with E-state index in [4.69, 9.17) is 0 Å². The fourth-order valence-corrected chi connectivity index (χ4v) is 4.74. The second-order valence-corrected chi connectivity index (χ2v) is 8.11. The van der Waals surface area contributed by atoms with Gasteiger partial charge in [-0.1, -0.05) is 30.3 Å². The van der Waals surface area contributed by atoms with Gasteiger partial charge in [-0.25, -0.2) is 9.97 Å². The monoisotopic (exact) mass is 406 g/mol. The average molecular weight is 407 g/mol. The molecule has 0 aliphatic rings. The van der Waals surface area contributed by atoms with Gasteiger partial charge in [0.05, 0.1) is 11.8 Å². The minimum Gasteiger partial charge on any atom is -0.337 e. The van der Waals surface area contributed by atoms with Gasteiger partial charge in [0.15, 0.2) is 0 Å². The molecule has 0 fully saturated rings. The molecule has 0 saturated heterocycles. The van der Waals surface area contributed by atoms with E-state index in [1.54, 1.807) is 4.90 Å². The lowest BCUT2D eigenvalue weighted by Gasteiger charge is -2.21. The Kier molecular flexibility index (Phi) is 5.15. The maximum Gasteiger partial charge on any atom is 0.271 e. The Balaban J connectivity index is 1.66. The minimum atomic E-state index is -0.195. The quantitative estimate of drug-likeness (QED) is 0.507. The topological polar surface area (TPSA) is 68.1 Å². The number of rotatable bonds is 5. The fraction of sp³-hybridized carbons (Fsp3) is 0.273. The number of pyridine rings is 1. The summed E-state index contributed by atoms with van der Waals surface area (Å²) in [4.78, 5) is 37.5. The van der Waals surface area contributed by atoms with Crippen molar-refractivity contribution in [3.8, 4) is 0 Å². The number of benzene rings is 1. The molecule has 0 saturated carbocycles. The Labute approximate surface area is 172 Å².